The highest BCUT2D eigenvalue weighted by Gasteiger charge is 2.19. The topological polar surface area (TPSA) is 40.7 Å². The van der Waals surface area contributed by atoms with Gasteiger partial charge in [-0.05, 0) is 32.2 Å². The molecular weight excluding hydrogens is 210 g/mol. The van der Waals surface area contributed by atoms with E-state index in [4.69, 9.17) is 0 Å². The lowest BCUT2D eigenvalue weighted by Crippen LogP contribution is -2.24. The molecule has 2 aliphatic rings. The Morgan fingerprint density at radius 1 is 1.12 bits per heavy atom. The maximum atomic E-state index is 4.56. The van der Waals surface area contributed by atoms with Crippen molar-refractivity contribution in [2.75, 3.05) is 6.54 Å². The summed E-state index contributed by atoms with van der Waals surface area (Å²) in [4.78, 5) is 8.12. The lowest BCUT2D eigenvalue weighted by atomic mass is 9.87. The quantitative estimate of drug-likeness (QED) is 0.843. The van der Waals surface area contributed by atoms with Crippen LogP contribution in [-0.4, -0.2) is 22.6 Å². The molecule has 1 saturated heterocycles. The molecule has 1 aliphatic carbocycles. The zero-order valence-electron chi connectivity index (χ0n) is 10.5. The van der Waals surface area contributed by atoms with Gasteiger partial charge in [-0.2, -0.15) is 0 Å². The van der Waals surface area contributed by atoms with E-state index in [9.17, 15) is 0 Å². The van der Waals surface area contributed by atoms with Crippen LogP contribution >= 0.6 is 0 Å². The Morgan fingerprint density at radius 2 is 2.00 bits per heavy atom. The van der Waals surface area contributed by atoms with Crippen LogP contribution in [-0.2, 0) is 6.42 Å². The van der Waals surface area contributed by atoms with E-state index in [1.807, 2.05) is 0 Å². The third-order valence-corrected chi connectivity index (χ3v) is 4.30. The highest BCUT2D eigenvalue weighted by atomic mass is 15.0. The minimum absolute atomic E-state index is 0.653. The molecule has 94 valence electrons. The molecule has 2 fully saturated rings. The van der Waals surface area contributed by atoms with Crippen LogP contribution in [0.15, 0.2) is 6.20 Å². The van der Waals surface area contributed by atoms with Crippen LogP contribution in [0.3, 0.4) is 0 Å². The predicted molar refractivity (Wildman–Crippen MR) is 69.1 cm³/mol. The molecule has 3 nitrogen and oxygen atoms in total. The van der Waals surface area contributed by atoms with Crippen LogP contribution in [0.25, 0.3) is 0 Å². The third kappa shape index (κ3) is 2.71. The zero-order chi connectivity index (χ0) is 11.5. The number of rotatable bonds is 3. The zero-order valence-corrected chi connectivity index (χ0v) is 10.5. The van der Waals surface area contributed by atoms with E-state index in [1.54, 1.807) is 0 Å². The molecule has 1 aliphatic heterocycles. The Labute approximate surface area is 103 Å². The molecule has 2 N–H and O–H groups in total. The van der Waals surface area contributed by atoms with E-state index < -0.39 is 0 Å². The average Bonchev–Trinajstić information content (AvgIpc) is 3.02. The van der Waals surface area contributed by atoms with Crippen molar-refractivity contribution < 1.29 is 0 Å². The minimum Gasteiger partial charge on any atom is -0.346 e. The van der Waals surface area contributed by atoms with Gasteiger partial charge in [0.2, 0.25) is 0 Å². The SMILES string of the molecule is c1nc(CC2CCCN2)[nH]c1C1CCCCC1. The van der Waals surface area contributed by atoms with Gasteiger partial charge in [-0.3, -0.25) is 0 Å². The molecule has 3 heteroatoms. The molecule has 0 radical (unpaired) electrons. The van der Waals surface area contributed by atoms with Crippen molar-refractivity contribution in [2.24, 2.45) is 0 Å². The van der Waals surface area contributed by atoms with Crippen LogP contribution < -0.4 is 5.32 Å². The van der Waals surface area contributed by atoms with Gasteiger partial charge in [-0.25, -0.2) is 4.98 Å². The third-order valence-electron chi connectivity index (χ3n) is 4.30. The van der Waals surface area contributed by atoms with Crippen molar-refractivity contribution >= 4 is 0 Å². The summed E-state index contributed by atoms with van der Waals surface area (Å²) in [6, 6.07) is 0.653. The molecule has 1 atom stereocenters. The summed E-state index contributed by atoms with van der Waals surface area (Å²) in [5.74, 6) is 1.94. The molecule has 0 aromatic carbocycles. The van der Waals surface area contributed by atoms with Crippen LogP contribution in [0.1, 0.15) is 62.4 Å². The average molecular weight is 233 g/mol. The van der Waals surface area contributed by atoms with Gasteiger partial charge < -0.3 is 10.3 Å². The largest absolute Gasteiger partial charge is 0.346 e. The molecule has 1 aromatic rings. The van der Waals surface area contributed by atoms with Gasteiger partial charge in [0.15, 0.2) is 0 Å². The molecule has 0 spiro atoms. The first kappa shape index (κ1) is 11.3. The van der Waals surface area contributed by atoms with E-state index in [-0.39, 0.29) is 0 Å². The number of hydrogen-bond donors (Lipinski definition) is 2. The summed E-state index contributed by atoms with van der Waals surface area (Å²) in [6.45, 7) is 1.18. The Bertz CT molecular complexity index is 346. The minimum atomic E-state index is 0.653. The molecular formula is C14H23N3. The second kappa shape index (κ2) is 5.21. The van der Waals surface area contributed by atoms with Crippen molar-refractivity contribution in [1.29, 1.82) is 0 Å². The van der Waals surface area contributed by atoms with Crippen LogP contribution in [0.5, 0.6) is 0 Å². The molecule has 0 amide bonds. The normalized spacial score (nSPS) is 26.5. The van der Waals surface area contributed by atoms with E-state index in [2.05, 4.69) is 21.5 Å². The molecule has 3 rings (SSSR count). The molecule has 0 bridgehead atoms. The Balaban J connectivity index is 1.60. The number of imidazole rings is 1. The lowest BCUT2D eigenvalue weighted by Gasteiger charge is -2.19. The maximum Gasteiger partial charge on any atom is 0.107 e. The van der Waals surface area contributed by atoms with Gasteiger partial charge >= 0.3 is 0 Å². The first-order valence-electron chi connectivity index (χ1n) is 7.19. The summed E-state index contributed by atoms with van der Waals surface area (Å²) in [6.07, 6.45) is 12.7. The predicted octanol–water partition coefficient (Wildman–Crippen LogP) is 2.75. The fourth-order valence-corrected chi connectivity index (χ4v) is 3.27. The van der Waals surface area contributed by atoms with Gasteiger partial charge in [-0.1, -0.05) is 19.3 Å². The van der Waals surface area contributed by atoms with Gasteiger partial charge in [0.05, 0.1) is 0 Å². The fourth-order valence-electron chi connectivity index (χ4n) is 3.27. The summed E-state index contributed by atoms with van der Waals surface area (Å²) < 4.78 is 0. The van der Waals surface area contributed by atoms with Crippen molar-refractivity contribution in [3.63, 3.8) is 0 Å². The smallest absolute Gasteiger partial charge is 0.107 e. The van der Waals surface area contributed by atoms with Crippen molar-refractivity contribution in [3.05, 3.63) is 17.7 Å². The van der Waals surface area contributed by atoms with Crippen LogP contribution in [0.4, 0.5) is 0 Å². The second-order valence-electron chi connectivity index (χ2n) is 5.62. The summed E-state index contributed by atoms with van der Waals surface area (Å²) in [5.41, 5.74) is 1.39. The van der Waals surface area contributed by atoms with E-state index in [1.165, 1.54) is 63.0 Å². The second-order valence-corrected chi connectivity index (χ2v) is 5.62. The van der Waals surface area contributed by atoms with E-state index in [0.29, 0.717) is 6.04 Å². The number of nitrogens with one attached hydrogen (secondary N) is 2. The monoisotopic (exact) mass is 233 g/mol. The molecule has 2 heterocycles. The van der Waals surface area contributed by atoms with Gasteiger partial charge in [0.25, 0.3) is 0 Å². The number of H-pyrrole nitrogens is 1. The van der Waals surface area contributed by atoms with E-state index in [0.717, 1.165) is 12.3 Å². The molecule has 1 saturated carbocycles. The number of hydrogen-bond acceptors (Lipinski definition) is 2. The maximum absolute atomic E-state index is 4.56. The Hall–Kier alpha value is -0.830. The van der Waals surface area contributed by atoms with Crippen molar-refractivity contribution in [2.45, 2.75) is 63.3 Å². The van der Waals surface area contributed by atoms with E-state index >= 15 is 0 Å². The Kier molecular flexibility index (Phi) is 3.46. The fraction of sp³-hybridized carbons (Fsp3) is 0.786. The van der Waals surface area contributed by atoms with Crippen molar-refractivity contribution in [3.8, 4) is 0 Å². The number of aromatic amines is 1. The standard InChI is InChI=1S/C14H23N3/c1-2-5-11(6-3-1)13-10-16-14(17-13)9-12-7-4-8-15-12/h10-12,15H,1-9H2,(H,16,17). The first-order valence-corrected chi connectivity index (χ1v) is 7.19. The highest BCUT2D eigenvalue weighted by molar-refractivity contribution is 5.09. The van der Waals surface area contributed by atoms with Crippen LogP contribution in [0, 0.1) is 0 Å². The highest BCUT2D eigenvalue weighted by Crippen LogP contribution is 2.31. The summed E-state index contributed by atoms with van der Waals surface area (Å²) in [5, 5.41) is 3.53. The van der Waals surface area contributed by atoms with Gasteiger partial charge in [0, 0.05) is 30.3 Å². The molecule has 1 aromatic heterocycles. The summed E-state index contributed by atoms with van der Waals surface area (Å²) >= 11 is 0. The number of nitrogens with zero attached hydrogens (tertiary/aromatic N) is 1. The molecule has 1 unspecified atom stereocenters. The first-order chi connectivity index (χ1) is 8.42. The molecule has 17 heavy (non-hydrogen) atoms. The van der Waals surface area contributed by atoms with Gasteiger partial charge in [-0.15, -0.1) is 0 Å². The lowest BCUT2D eigenvalue weighted by molar-refractivity contribution is 0.437. The summed E-state index contributed by atoms with van der Waals surface area (Å²) in [7, 11) is 0. The van der Waals surface area contributed by atoms with Crippen molar-refractivity contribution in [1.82, 2.24) is 15.3 Å². The Morgan fingerprint density at radius 3 is 2.76 bits per heavy atom. The van der Waals surface area contributed by atoms with Crippen LogP contribution in [0.2, 0.25) is 0 Å². The number of aromatic nitrogens is 2. The van der Waals surface area contributed by atoms with Gasteiger partial charge in [0.1, 0.15) is 5.82 Å².